The van der Waals surface area contributed by atoms with Crippen LogP contribution in [0.25, 0.3) is 21.3 Å². The predicted octanol–water partition coefficient (Wildman–Crippen LogP) is 4.43. The molecule has 28 heavy (non-hydrogen) atoms. The van der Waals surface area contributed by atoms with E-state index in [1.807, 2.05) is 44.4 Å². The molecule has 3 aromatic rings. The Morgan fingerprint density at radius 1 is 1.32 bits per heavy atom. The van der Waals surface area contributed by atoms with Crippen LogP contribution in [-0.4, -0.2) is 27.7 Å². The van der Waals surface area contributed by atoms with Gasteiger partial charge in [0.25, 0.3) is 5.56 Å². The highest BCUT2D eigenvalue weighted by Gasteiger charge is 2.20. The Kier molecular flexibility index (Phi) is 5.84. The fourth-order valence-electron chi connectivity index (χ4n) is 3.32. The van der Waals surface area contributed by atoms with Gasteiger partial charge in [-0.3, -0.25) is 14.2 Å². The molecule has 148 valence electrons. The van der Waals surface area contributed by atoms with Gasteiger partial charge in [0, 0.05) is 35.4 Å². The minimum absolute atomic E-state index is 0.0181. The first-order chi connectivity index (χ1) is 13.3. The lowest BCUT2D eigenvalue weighted by atomic mass is 10.0. The third-order valence-corrected chi connectivity index (χ3v) is 5.53. The van der Waals surface area contributed by atoms with Gasteiger partial charge in [-0.1, -0.05) is 25.5 Å². The molecule has 0 aliphatic heterocycles. The SMILES string of the molecule is COc1ccc(C)cc1-c1csc2nc(C(C)C)n(CCCC(=O)O)c(=O)c12. The van der Waals surface area contributed by atoms with Crippen LogP contribution in [0.1, 0.15) is 44.0 Å². The summed E-state index contributed by atoms with van der Waals surface area (Å²) in [6.45, 7) is 6.30. The second-order valence-corrected chi connectivity index (χ2v) is 7.97. The zero-order valence-electron chi connectivity index (χ0n) is 16.5. The first kappa shape index (κ1) is 20.1. The number of hydrogen-bond donors (Lipinski definition) is 1. The van der Waals surface area contributed by atoms with Crippen LogP contribution in [0.4, 0.5) is 0 Å². The molecule has 2 heterocycles. The summed E-state index contributed by atoms with van der Waals surface area (Å²) < 4.78 is 7.14. The van der Waals surface area contributed by atoms with E-state index in [4.69, 9.17) is 14.8 Å². The minimum atomic E-state index is -0.867. The van der Waals surface area contributed by atoms with Gasteiger partial charge in [-0.05, 0) is 25.5 Å². The first-order valence-electron chi connectivity index (χ1n) is 9.22. The number of rotatable bonds is 7. The number of aromatic nitrogens is 2. The van der Waals surface area contributed by atoms with Gasteiger partial charge in [0.2, 0.25) is 0 Å². The summed E-state index contributed by atoms with van der Waals surface area (Å²) in [6, 6.07) is 5.87. The van der Waals surface area contributed by atoms with Crippen LogP contribution >= 0.6 is 11.3 Å². The molecule has 0 unspecified atom stereocenters. The normalized spacial score (nSPS) is 11.3. The summed E-state index contributed by atoms with van der Waals surface area (Å²) in [5.74, 6) is 0.581. The molecule has 1 N–H and O–H groups in total. The van der Waals surface area contributed by atoms with E-state index in [1.54, 1.807) is 11.7 Å². The Balaban J connectivity index is 2.22. The average molecular weight is 401 g/mol. The van der Waals surface area contributed by atoms with Gasteiger partial charge in [-0.15, -0.1) is 11.3 Å². The van der Waals surface area contributed by atoms with Crippen LogP contribution in [0.3, 0.4) is 0 Å². The van der Waals surface area contributed by atoms with Crippen molar-refractivity contribution in [2.45, 2.75) is 46.1 Å². The number of benzene rings is 1. The molecule has 0 saturated heterocycles. The summed E-state index contributed by atoms with van der Waals surface area (Å²) >= 11 is 1.44. The summed E-state index contributed by atoms with van der Waals surface area (Å²) in [5.41, 5.74) is 2.62. The summed E-state index contributed by atoms with van der Waals surface area (Å²) in [4.78, 5) is 29.7. The summed E-state index contributed by atoms with van der Waals surface area (Å²) in [7, 11) is 1.61. The molecule has 0 saturated carbocycles. The van der Waals surface area contributed by atoms with Gasteiger partial charge >= 0.3 is 5.97 Å². The van der Waals surface area contributed by atoms with E-state index in [-0.39, 0.29) is 17.9 Å². The van der Waals surface area contributed by atoms with Gasteiger partial charge in [0.05, 0.1) is 12.5 Å². The molecule has 0 spiro atoms. The van der Waals surface area contributed by atoms with Gasteiger partial charge in [-0.25, -0.2) is 4.98 Å². The molecule has 7 heteroatoms. The molecule has 0 aliphatic carbocycles. The van der Waals surface area contributed by atoms with E-state index in [2.05, 4.69) is 0 Å². The number of carboxylic acid groups (broad SMARTS) is 1. The number of carbonyl (C=O) groups is 1. The quantitative estimate of drug-likeness (QED) is 0.634. The lowest BCUT2D eigenvalue weighted by Gasteiger charge is -2.15. The largest absolute Gasteiger partial charge is 0.496 e. The van der Waals surface area contributed by atoms with Crippen molar-refractivity contribution in [2.75, 3.05) is 7.11 Å². The molecule has 6 nitrogen and oxygen atoms in total. The first-order valence-corrected chi connectivity index (χ1v) is 10.1. The fraction of sp³-hybridized carbons (Fsp3) is 0.381. The molecule has 0 amide bonds. The molecule has 0 fully saturated rings. The third-order valence-electron chi connectivity index (χ3n) is 4.66. The summed E-state index contributed by atoms with van der Waals surface area (Å²) in [6.07, 6.45) is 0.402. The molecule has 1 aromatic carbocycles. The molecule has 3 rings (SSSR count). The highest BCUT2D eigenvalue weighted by atomic mass is 32.1. The van der Waals surface area contributed by atoms with Gasteiger partial charge in [-0.2, -0.15) is 0 Å². The average Bonchev–Trinajstić information content (AvgIpc) is 3.07. The predicted molar refractivity (Wildman–Crippen MR) is 112 cm³/mol. The molecule has 0 bridgehead atoms. The fourth-order valence-corrected chi connectivity index (χ4v) is 4.25. The van der Waals surface area contributed by atoms with E-state index in [0.717, 1.165) is 16.7 Å². The van der Waals surface area contributed by atoms with Crippen LogP contribution in [0.15, 0.2) is 28.4 Å². The van der Waals surface area contributed by atoms with E-state index in [9.17, 15) is 9.59 Å². The zero-order valence-corrected chi connectivity index (χ0v) is 17.3. The Hall–Kier alpha value is -2.67. The standard InChI is InChI=1S/C21H24N2O4S/c1-12(2)19-22-20-18(21(26)23(19)9-5-6-17(24)25)15(11-28-20)14-10-13(3)7-8-16(14)27-4/h7-8,10-12H,5-6,9H2,1-4H3,(H,24,25). The van der Waals surface area contributed by atoms with Crippen molar-refractivity contribution < 1.29 is 14.6 Å². The Morgan fingerprint density at radius 3 is 2.71 bits per heavy atom. The highest BCUT2D eigenvalue weighted by Crippen LogP contribution is 2.37. The Bertz CT molecular complexity index is 1080. The van der Waals surface area contributed by atoms with Crippen molar-refractivity contribution >= 4 is 27.5 Å². The van der Waals surface area contributed by atoms with Crippen LogP contribution in [0.2, 0.25) is 0 Å². The van der Waals surface area contributed by atoms with Crippen molar-refractivity contribution in [2.24, 2.45) is 0 Å². The van der Waals surface area contributed by atoms with Crippen molar-refractivity contribution in [3.8, 4) is 16.9 Å². The van der Waals surface area contributed by atoms with Crippen LogP contribution in [0, 0.1) is 6.92 Å². The minimum Gasteiger partial charge on any atom is -0.496 e. The number of fused-ring (bicyclic) bond motifs is 1. The number of aliphatic carboxylic acids is 1. The van der Waals surface area contributed by atoms with Crippen molar-refractivity contribution in [3.05, 3.63) is 45.3 Å². The van der Waals surface area contributed by atoms with Crippen LogP contribution in [0.5, 0.6) is 5.75 Å². The van der Waals surface area contributed by atoms with Crippen LogP contribution in [-0.2, 0) is 11.3 Å². The van der Waals surface area contributed by atoms with E-state index >= 15 is 0 Å². The molecule has 0 aliphatic rings. The maximum absolute atomic E-state index is 13.4. The smallest absolute Gasteiger partial charge is 0.303 e. The second kappa shape index (κ2) is 8.14. The highest BCUT2D eigenvalue weighted by molar-refractivity contribution is 7.17. The van der Waals surface area contributed by atoms with Gasteiger partial charge < -0.3 is 9.84 Å². The monoisotopic (exact) mass is 400 g/mol. The van der Waals surface area contributed by atoms with Crippen molar-refractivity contribution in [1.29, 1.82) is 0 Å². The molecule has 0 radical (unpaired) electrons. The Labute approximate surface area is 167 Å². The zero-order chi connectivity index (χ0) is 20.4. The maximum atomic E-state index is 13.4. The van der Waals surface area contributed by atoms with Gasteiger partial charge in [0.1, 0.15) is 16.4 Å². The molecule has 2 aromatic heterocycles. The lowest BCUT2D eigenvalue weighted by Crippen LogP contribution is -2.26. The van der Waals surface area contributed by atoms with Gasteiger partial charge in [0.15, 0.2) is 0 Å². The topological polar surface area (TPSA) is 81.4 Å². The van der Waals surface area contributed by atoms with Crippen molar-refractivity contribution in [1.82, 2.24) is 9.55 Å². The lowest BCUT2D eigenvalue weighted by molar-refractivity contribution is -0.137. The third kappa shape index (κ3) is 3.80. The number of nitrogens with zero attached hydrogens (tertiary/aromatic N) is 2. The molecule has 0 atom stereocenters. The number of ether oxygens (including phenoxy) is 1. The van der Waals surface area contributed by atoms with E-state index in [1.165, 1.54) is 11.3 Å². The number of hydrogen-bond acceptors (Lipinski definition) is 5. The Morgan fingerprint density at radius 2 is 2.07 bits per heavy atom. The number of aryl methyl sites for hydroxylation is 1. The van der Waals surface area contributed by atoms with Crippen LogP contribution < -0.4 is 10.3 Å². The molecular formula is C21H24N2O4S. The van der Waals surface area contributed by atoms with Crippen molar-refractivity contribution in [3.63, 3.8) is 0 Å². The second-order valence-electron chi connectivity index (χ2n) is 7.11. The number of thiophene rings is 1. The maximum Gasteiger partial charge on any atom is 0.303 e. The number of carboxylic acids is 1. The van der Waals surface area contributed by atoms with E-state index in [0.29, 0.717) is 34.8 Å². The summed E-state index contributed by atoms with van der Waals surface area (Å²) in [5, 5.41) is 11.4. The molecular weight excluding hydrogens is 376 g/mol. The van der Waals surface area contributed by atoms with E-state index < -0.39 is 5.97 Å². The number of methoxy groups -OCH3 is 1.